The predicted molar refractivity (Wildman–Crippen MR) is 81.5 cm³/mol. The molecule has 5 nitrogen and oxygen atoms in total. The molecule has 2 aromatic rings. The molecule has 0 spiro atoms. The van der Waals surface area contributed by atoms with Crippen molar-refractivity contribution in [1.82, 2.24) is 0 Å². The average Bonchev–Trinajstić information content (AvgIpc) is 2.52. The summed E-state index contributed by atoms with van der Waals surface area (Å²) in [5.41, 5.74) is 1.75. The van der Waals surface area contributed by atoms with Crippen LogP contribution in [0, 0.1) is 0 Å². The molecule has 0 amide bonds. The molecular formula is C16H19NO4. The number of aromatic hydroxyl groups is 1. The first-order valence-electron chi connectivity index (χ1n) is 6.50. The molecule has 0 heterocycles. The van der Waals surface area contributed by atoms with Crippen molar-refractivity contribution in [3.63, 3.8) is 0 Å². The maximum absolute atomic E-state index is 9.76. The number of phenols is 1. The van der Waals surface area contributed by atoms with E-state index in [4.69, 9.17) is 14.2 Å². The van der Waals surface area contributed by atoms with Crippen LogP contribution in [0.2, 0.25) is 0 Å². The number of anilines is 1. The first-order valence-corrected chi connectivity index (χ1v) is 6.50. The Balaban J connectivity index is 2.15. The number of phenolic OH excluding ortho intramolecular Hbond substituents is 1. The van der Waals surface area contributed by atoms with Gasteiger partial charge in [-0.15, -0.1) is 0 Å². The Kier molecular flexibility index (Phi) is 4.77. The molecule has 0 aliphatic rings. The molecule has 0 aliphatic heterocycles. The van der Waals surface area contributed by atoms with Crippen molar-refractivity contribution in [2.24, 2.45) is 0 Å². The van der Waals surface area contributed by atoms with E-state index in [9.17, 15) is 5.11 Å². The minimum absolute atomic E-state index is 0.0973. The third kappa shape index (κ3) is 3.31. The van der Waals surface area contributed by atoms with Gasteiger partial charge in [0.1, 0.15) is 0 Å². The first-order chi connectivity index (χ1) is 10.2. The Morgan fingerprint density at radius 2 is 1.71 bits per heavy atom. The number of hydrogen-bond acceptors (Lipinski definition) is 5. The van der Waals surface area contributed by atoms with Crippen LogP contribution in [0.3, 0.4) is 0 Å². The van der Waals surface area contributed by atoms with Gasteiger partial charge in [0.2, 0.25) is 0 Å². The minimum atomic E-state index is 0.0973. The molecule has 0 aliphatic carbocycles. The van der Waals surface area contributed by atoms with Crippen LogP contribution in [0.15, 0.2) is 36.4 Å². The number of methoxy groups -OCH3 is 3. The molecule has 5 heteroatoms. The number of nitrogens with one attached hydrogen (secondary N) is 1. The van der Waals surface area contributed by atoms with Crippen LogP contribution in [-0.4, -0.2) is 26.4 Å². The van der Waals surface area contributed by atoms with Crippen LogP contribution < -0.4 is 19.5 Å². The second-order valence-electron chi connectivity index (χ2n) is 4.39. The van der Waals surface area contributed by atoms with Crippen LogP contribution >= 0.6 is 0 Å². The number of ether oxygens (including phenoxy) is 3. The lowest BCUT2D eigenvalue weighted by Gasteiger charge is -2.14. The lowest BCUT2D eigenvalue weighted by molar-refractivity contribution is 0.352. The van der Waals surface area contributed by atoms with Crippen LogP contribution in [0.1, 0.15) is 5.56 Å². The lowest BCUT2D eigenvalue weighted by Crippen LogP contribution is -2.03. The summed E-state index contributed by atoms with van der Waals surface area (Å²) in [5.74, 6) is 1.93. The SMILES string of the molecule is COc1ccc(NCc2cccc(OC)c2OC)cc1O. The normalized spacial score (nSPS) is 10.0. The highest BCUT2D eigenvalue weighted by molar-refractivity contribution is 5.55. The minimum Gasteiger partial charge on any atom is -0.504 e. The summed E-state index contributed by atoms with van der Waals surface area (Å²) < 4.78 is 15.7. The highest BCUT2D eigenvalue weighted by atomic mass is 16.5. The zero-order valence-corrected chi connectivity index (χ0v) is 12.3. The van der Waals surface area contributed by atoms with Crippen molar-refractivity contribution in [2.45, 2.75) is 6.54 Å². The number of para-hydroxylation sites is 1. The summed E-state index contributed by atoms with van der Waals surface area (Å²) in [5, 5.41) is 13.0. The molecule has 21 heavy (non-hydrogen) atoms. The van der Waals surface area contributed by atoms with E-state index in [-0.39, 0.29) is 5.75 Å². The molecule has 2 N–H and O–H groups in total. The van der Waals surface area contributed by atoms with Crippen molar-refractivity contribution in [3.8, 4) is 23.0 Å². The molecule has 0 bridgehead atoms. The molecule has 0 saturated carbocycles. The molecule has 2 rings (SSSR count). The van der Waals surface area contributed by atoms with E-state index in [0.717, 1.165) is 11.3 Å². The van der Waals surface area contributed by atoms with Crippen molar-refractivity contribution in [3.05, 3.63) is 42.0 Å². The van der Waals surface area contributed by atoms with Crippen molar-refractivity contribution in [2.75, 3.05) is 26.6 Å². The standard InChI is InChI=1S/C16H19NO4/c1-19-14-8-7-12(9-13(14)18)17-10-11-5-4-6-15(20-2)16(11)21-3/h4-9,17-18H,10H2,1-3H3. The van der Waals surface area contributed by atoms with Gasteiger partial charge in [0.15, 0.2) is 23.0 Å². The Morgan fingerprint density at radius 1 is 0.952 bits per heavy atom. The van der Waals surface area contributed by atoms with Crippen molar-refractivity contribution < 1.29 is 19.3 Å². The second-order valence-corrected chi connectivity index (χ2v) is 4.39. The maximum atomic E-state index is 9.76. The average molecular weight is 289 g/mol. The van der Waals surface area contributed by atoms with Gasteiger partial charge in [-0.05, 0) is 18.2 Å². The molecular weight excluding hydrogens is 270 g/mol. The topological polar surface area (TPSA) is 60.0 Å². The third-order valence-corrected chi connectivity index (χ3v) is 3.15. The van der Waals surface area contributed by atoms with Crippen LogP contribution in [0.25, 0.3) is 0 Å². The molecule has 0 aromatic heterocycles. The van der Waals surface area contributed by atoms with Gasteiger partial charge in [0, 0.05) is 23.9 Å². The van der Waals surface area contributed by atoms with E-state index in [0.29, 0.717) is 23.8 Å². The largest absolute Gasteiger partial charge is 0.504 e. The number of benzene rings is 2. The van der Waals surface area contributed by atoms with Gasteiger partial charge in [-0.3, -0.25) is 0 Å². The third-order valence-electron chi connectivity index (χ3n) is 3.15. The summed E-state index contributed by atoms with van der Waals surface area (Å²) >= 11 is 0. The number of hydrogen-bond donors (Lipinski definition) is 2. The smallest absolute Gasteiger partial charge is 0.165 e. The summed E-state index contributed by atoms with van der Waals surface area (Å²) in [6.07, 6.45) is 0. The Labute approximate surface area is 124 Å². The Hall–Kier alpha value is -2.56. The fourth-order valence-corrected chi connectivity index (χ4v) is 2.09. The molecule has 2 aromatic carbocycles. The maximum Gasteiger partial charge on any atom is 0.165 e. The van der Waals surface area contributed by atoms with Gasteiger partial charge in [-0.1, -0.05) is 12.1 Å². The molecule has 0 fully saturated rings. The van der Waals surface area contributed by atoms with Gasteiger partial charge >= 0.3 is 0 Å². The van der Waals surface area contributed by atoms with E-state index >= 15 is 0 Å². The van der Waals surface area contributed by atoms with Gasteiger partial charge in [0.05, 0.1) is 21.3 Å². The summed E-state index contributed by atoms with van der Waals surface area (Å²) in [6, 6.07) is 10.9. The van der Waals surface area contributed by atoms with E-state index in [2.05, 4.69) is 5.32 Å². The highest BCUT2D eigenvalue weighted by Gasteiger charge is 2.09. The second kappa shape index (κ2) is 6.74. The highest BCUT2D eigenvalue weighted by Crippen LogP contribution is 2.32. The lowest BCUT2D eigenvalue weighted by atomic mass is 10.1. The van der Waals surface area contributed by atoms with E-state index in [1.165, 1.54) is 7.11 Å². The predicted octanol–water partition coefficient (Wildman–Crippen LogP) is 3.03. The van der Waals surface area contributed by atoms with Crippen LogP contribution in [0.4, 0.5) is 5.69 Å². The summed E-state index contributed by atoms with van der Waals surface area (Å²) in [7, 11) is 4.74. The molecule has 0 unspecified atom stereocenters. The monoisotopic (exact) mass is 289 g/mol. The van der Waals surface area contributed by atoms with Gasteiger partial charge in [-0.2, -0.15) is 0 Å². The molecule has 0 radical (unpaired) electrons. The van der Waals surface area contributed by atoms with Gasteiger partial charge in [-0.25, -0.2) is 0 Å². The summed E-state index contributed by atoms with van der Waals surface area (Å²) in [6.45, 7) is 0.548. The molecule has 112 valence electrons. The first kappa shape index (κ1) is 14.8. The zero-order chi connectivity index (χ0) is 15.2. The van der Waals surface area contributed by atoms with E-state index < -0.39 is 0 Å². The molecule has 0 atom stereocenters. The quantitative estimate of drug-likeness (QED) is 0.856. The fourth-order valence-electron chi connectivity index (χ4n) is 2.09. The zero-order valence-electron chi connectivity index (χ0n) is 12.3. The number of rotatable bonds is 6. The van der Waals surface area contributed by atoms with Crippen LogP contribution in [-0.2, 0) is 6.54 Å². The van der Waals surface area contributed by atoms with Crippen molar-refractivity contribution >= 4 is 5.69 Å². The summed E-state index contributed by atoms with van der Waals surface area (Å²) in [4.78, 5) is 0. The van der Waals surface area contributed by atoms with Crippen molar-refractivity contribution in [1.29, 1.82) is 0 Å². The van der Waals surface area contributed by atoms with Crippen LogP contribution in [0.5, 0.6) is 23.0 Å². The van der Waals surface area contributed by atoms with Gasteiger partial charge < -0.3 is 24.6 Å². The van der Waals surface area contributed by atoms with E-state index in [1.807, 2.05) is 24.3 Å². The Morgan fingerprint density at radius 3 is 2.33 bits per heavy atom. The van der Waals surface area contributed by atoms with E-state index in [1.54, 1.807) is 26.4 Å². The van der Waals surface area contributed by atoms with Gasteiger partial charge in [0.25, 0.3) is 0 Å². The Bertz CT molecular complexity index is 613. The molecule has 0 saturated heterocycles. The fraction of sp³-hybridized carbons (Fsp3) is 0.250.